The van der Waals surface area contributed by atoms with Crippen molar-refractivity contribution in [2.45, 2.75) is 53.5 Å². The molecule has 4 rings (SSSR count). The van der Waals surface area contributed by atoms with Crippen LogP contribution in [0.5, 0.6) is 0 Å². The van der Waals surface area contributed by atoms with Gasteiger partial charge in [0, 0.05) is 24.0 Å². The lowest BCUT2D eigenvalue weighted by Gasteiger charge is -2.13. The second-order valence-electron chi connectivity index (χ2n) is 7.83. The van der Waals surface area contributed by atoms with Crippen LogP contribution in [0.3, 0.4) is 0 Å². The molecule has 0 saturated heterocycles. The predicted octanol–water partition coefficient (Wildman–Crippen LogP) is 4.74. The van der Waals surface area contributed by atoms with E-state index in [1.807, 2.05) is 36.6 Å². The Morgan fingerprint density at radius 1 is 1.00 bits per heavy atom. The molecular formula is C25H28N4O2. The van der Waals surface area contributed by atoms with E-state index < -0.39 is 0 Å². The number of nitrogens with zero attached hydrogens (tertiary/aromatic N) is 4. The lowest BCUT2D eigenvalue weighted by molar-refractivity contribution is -0.119. The van der Waals surface area contributed by atoms with Crippen LogP contribution in [0, 0.1) is 13.8 Å². The first-order valence-corrected chi connectivity index (χ1v) is 10.5. The Kier molecular flexibility index (Phi) is 6.90. The third kappa shape index (κ3) is 5.02. The van der Waals surface area contributed by atoms with Gasteiger partial charge >= 0.3 is 0 Å². The van der Waals surface area contributed by atoms with Gasteiger partial charge in [-0.1, -0.05) is 48.9 Å². The summed E-state index contributed by atoms with van der Waals surface area (Å²) < 4.78 is 2.04. The summed E-state index contributed by atoms with van der Waals surface area (Å²) in [5.41, 5.74) is 5.14. The van der Waals surface area contributed by atoms with Crippen LogP contribution in [0.15, 0.2) is 53.5 Å². The van der Waals surface area contributed by atoms with Gasteiger partial charge in [0.15, 0.2) is 5.82 Å². The maximum atomic E-state index is 12.3. The van der Waals surface area contributed by atoms with E-state index in [4.69, 9.17) is 4.99 Å². The number of ketones is 2. The largest absolute Gasteiger partial charge is 0.300 e. The molecule has 1 aliphatic heterocycles. The van der Waals surface area contributed by atoms with E-state index in [0.29, 0.717) is 12.8 Å². The molecule has 2 heterocycles. The van der Waals surface area contributed by atoms with Crippen LogP contribution in [0.4, 0.5) is 0 Å². The third-order valence-electron chi connectivity index (χ3n) is 4.94. The molecule has 3 aromatic rings. The first-order valence-electron chi connectivity index (χ1n) is 10.5. The number of carbonyl (C=O) groups is 2. The molecule has 1 aromatic heterocycles. The third-order valence-corrected chi connectivity index (χ3v) is 4.94. The van der Waals surface area contributed by atoms with Gasteiger partial charge in [-0.15, -0.1) is 10.2 Å². The number of hydrogen-bond acceptors (Lipinski definition) is 5. The Labute approximate surface area is 183 Å². The van der Waals surface area contributed by atoms with E-state index in [9.17, 15) is 9.59 Å². The maximum absolute atomic E-state index is 12.3. The predicted molar refractivity (Wildman–Crippen MR) is 122 cm³/mol. The topological polar surface area (TPSA) is 77.2 Å². The lowest BCUT2D eigenvalue weighted by atomic mass is 9.98. The average Bonchev–Trinajstić information content (AvgIpc) is 3.06. The van der Waals surface area contributed by atoms with Gasteiger partial charge in [0.2, 0.25) is 0 Å². The van der Waals surface area contributed by atoms with Crippen LogP contribution in [-0.4, -0.2) is 32.0 Å². The molecule has 0 spiro atoms. The van der Waals surface area contributed by atoms with Crippen molar-refractivity contribution < 1.29 is 9.59 Å². The van der Waals surface area contributed by atoms with E-state index in [-0.39, 0.29) is 17.6 Å². The Hall–Kier alpha value is -3.41. The zero-order valence-corrected chi connectivity index (χ0v) is 18.7. The van der Waals surface area contributed by atoms with Gasteiger partial charge < -0.3 is 4.79 Å². The number of carbonyl (C=O) groups excluding carboxylic acids is 2. The molecule has 0 unspecified atom stereocenters. The van der Waals surface area contributed by atoms with Crippen LogP contribution >= 0.6 is 0 Å². The van der Waals surface area contributed by atoms with Crippen LogP contribution < -0.4 is 0 Å². The minimum absolute atomic E-state index is 0.167. The summed E-state index contributed by atoms with van der Waals surface area (Å²) in [5, 5.41) is 8.66. The van der Waals surface area contributed by atoms with E-state index in [0.717, 1.165) is 39.7 Å². The SMILES string of the molecule is CC(C)=O.CCC(=O)C[C@@H]1N=C(c2ccccc2)c2cc(C)ccc2-n2c(C)nnc21. The molecule has 0 bridgehead atoms. The number of aryl methyl sites for hydroxylation is 2. The number of benzene rings is 2. The van der Waals surface area contributed by atoms with Gasteiger partial charge in [-0.05, 0) is 39.8 Å². The fraction of sp³-hybridized carbons (Fsp3) is 0.320. The number of hydrogen-bond donors (Lipinski definition) is 0. The van der Waals surface area contributed by atoms with Crippen LogP contribution in [0.2, 0.25) is 0 Å². The smallest absolute Gasteiger partial charge is 0.162 e. The minimum atomic E-state index is -0.346. The monoisotopic (exact) mass is 416 g/mol. The molecule has 31 heavy (non-hydrogen) atoms. The number of aliphatic imine (C=N–C) groups is 1. The van der Waals surface area contributed by atoms with Gasteiger partial charge in [-0.2, -0.15) is 0 Å². The fourth-order valence-corrected chi connectivity index (χ4v) is 3.53. The summed E-state index contributed by atoms with van der Waals surface area (Å²) in [6, 6.07) is 16.1. The van der Waals surface area contributed by atoms with E-state index in [2.05, 4.69) is 47.5 Å². The van der Waals surface area contributed by atoms with Crippen LogP contribution in [-0.2, 0) is 9.59 Å². The number of rotatable bonds is 4. The molecule has 2 aromatic carbocycles. The fourth-order valence-electron chi connectivity index (χ4n) is 3.53. The lowest BCUT2D eigenvalue weighted by Crippen LogP contribution is -2.10. The van der Waals surface area contributed by atoms with Crippen molar-refractivity contribution in [1.29, 1.82) is 0 Å². The van der Waals surface area contributed by atoms with Crippen molar-refractivity contribution in [2.75, 3.05) is 0 Å². The van der Waals surface area contributed by atoms with Gasteiger partial charge in [0.1, 0.15) is 23.4 Å². The Balaban J connectivity index is 0.000000628. The second-order valence-corrected chi connectivity index (χ2v) is 7.83. The zero-order chi connectivity index (χ0) is 22.5. The van der Waals surface area contributed by atoms with Gasteiger partial charge in [-0.25, -0.2) is 0 Å². The Morgan fingerprint density at radius 3 is 2.32 bits per heavy atom. The molecule has 0 aliphatic carbocycles. The Morgan fingerprint density at radius 2 is 1.68 bits per heavy atom. The van der Waals surface area contributed by atoms with E-state index >= 15 is 0 Å². The minimum Gasteiger partial charge on any atom is -0.300 e. The van der Waals surface area contributed by atoms with Crippen molar-refractivity contribution in [3.8, 4) is 5.69 Å². The second kappa shape index (κ2) is 9.60. The highest BCUT2D eigenvalue weighted by atomic mass is 16.1. The molecule has 0 radical (unpaired) electrons. The molecule has 6 nitrogen and oxygen atoms in total. The maximum Gasteiger partial charge on any atom is 0.162 e. The highest BCUT2D eigenvalue weighted by Gasteiger charge is 2.29. The molecule has 0 saturated carbocycles. The summed E-state index contributed by atoms with van der Waals surface area (Å²) in [6.07, 6.45) is 0.823. The summed E-state index contributed by atoms with van der Waals surface area (Å²) in [5.74, 6) is 1.87. The molecule has 0 amide bonds. The summed E-state index contributed by atoms with van der Waals surface area (Å²) in [4.78, 5) is 26.7. The number of aromatic nitrogens is 3. The van der Waals surface area contributed by atoms with Crippen molar-refractivity contribution in [2.24, 2.45) is 4.99 Å². The summed E-state index contributed by atoms with van der Waals surface area (Å²) in [6.45, 7) is 8.95. The van der Waals surface area contributed by atoms with Gasteiger partial charge in [-0.3, -0.25) is 14.4 Å². The summed E-state index contributed by atoms with van der Waals surface area (Å²) >= 11 is 0. The normalized spacial score (nSPS) is 14.4. The molecule has 1 atom stereocenters. The molecular weight excluding hydrogens is 388 g/mol. The van der Waals surface area contributed by atoms with Crippen molar-refractivity contribution in [3.63, 3.8) is 0 Å². The average molecular weight is 417 g/mol. The number of Topliss-reactive ketones (excluding diaryl/α,β-unsaturated/α-hetero) is 2. The van der Waals surface area contributed by atoms with Crippen molar-refractivity contribution >= 4 is 17.3 Å². The highest BCUT2D eigenvalue weighted by molar-refractivity contribution is 6.15. The Bertz CT molecular complexity index is 1130. The quantitative estimate of drug-likeness (QED) is 0.615. The standard InChI is InChI=1S/C22H22N4O.C3H6O/c1-4-17(27)13-19-22-25-24-15(3)26(22)20-11-10-14(2)12-18(20)21(23-19)16-8-6-5-7-9-16;1-3(2)4/h5-12,19H,4,13H2,1-3H3;1-2H3/t19-;/m0./s1. The van der Waals surface area contributed by atoms with Crippen molar-refractivity contribution in [3.05, 3.63) is 76.9 Å². The van der Waals surface area contributed by atoms with Crippen molar-refractivity contribution in [1.82, 2.24) is 14.8 Å². The number of fused-ring (bicyclic) bond motifs is 3. The van der Waals surface area contributed by atoms with Gasteiger partial charge in [0.25, 0.3) is 0 Å². The first kappa shape index (κ1) is 22.3. The molecule has 0 N–H and O–H groups in total. The first-order chi connectivity index (χ1) is 14.8. The molecule has 6 heteroatoms. The summed E-state index contributed by atoms with van der Waals surface area (Å²) in [7, 11) is 0. The van der Waals surface area contributed by atoms with Crippen LogP contribution in [0.1, 0.15) is 68.0 Å². The van der Waals surface area contributed by atoms with E-state index in [1.165, 1.54) is 13.8 Å². The molecule has 0 fully saturated rings. The zero-order valence-electron chi connectivity index (χ0n) is 18.7. The van der Waals surface area contributed by atoms with E-state index in [1.54, 1.807) is 0 Å². The van der Waals surface area contributed by atoms with Crippen LogP contribution in [0.25, 0.3) is 5.69 Å². The van der Waals surface area contributed by atoms with Gasteiger partial charge in [0.05, 0.1) is 11.4 Å². The molecule has 160 valence electrons. The highest BCUT2D eigenvalue weighted by Crippen LogP contribution is 2.33. The molecule has 1 aliphatic rings.